The Balaban J connectivity index is 4.28. The highest BCUT2D eigenvalue weighted by Gasteiger charge is 2.17. The van der Waals surface area contributed by atoms with Gasteiger partial charge in [0.15, 0.2) is 6.10 Å². The van der Waals surface area contributed by atoms with Gasteiger partial charge < -0.3 is 14.2 Å². The summed E-state index contributed by atoms with van der Waals surface area (Å²) in [6.45, 7) is 7.66. The van der Waals surface area contributed by atoms with Gasteiger partial charge in [0.25, 0.3) is 0 Å². The van der Waals surface area contributed by atoms with Crippen LogP contribution in [0, 0.1) is 0 Å². The maximum Gasteiger partial charge on any atom is 0.306 e. The largest absolute Gasteiger partial charge is 0.462 e. The van der Waals surface area contributed by atoms with Crippen LogP contribution in [-0.2, 0) is 23.8 Å². The highest BCUT2D eigenvalue weighted by molar-refractivity contribution is 5.70. The molecule has 0 amide bonds. The zero-order chi connectivity index (χ0) is 44.9. The van der Waals surface area contributed by atoms with E-state index < -0.39 is 6.10 Å². The fourth-order valence-corrected chi connectivity index (χ4v) is 7.28. The van der Waals surface area contributed by atoms with Gasteiger partial charge in [0.05, 0.1) is 6.61 Å². The number of rotatable bonds is 48. The molecular weight excluding hydrogens is 765 g/mol. The molecule has 5 heteroatoms. The minimum absolute atomic E-state index is 0.0648. The molecule has 0 radical (unpaired) electrons. The van der Waals surface area contributed by atoms with E-state index in [9.17, 15) is 9.59 Å². The number of unbranched alkanes of at least 4 members (excludes halogenated alkanes) is 25. The molecule has 0 aromatic heterocycles. The molecule has 0 fully saturated rings. The summed E-state index contributed by atoms with van der Waals surface area (Å²) in [6, 6.07) is 0. The normalized spacial score (nSPS) is 12.8. The molecule has 0 rings (SSSR count). The van der Waals surface area contributed by atoms with E-state index in [0.29, 0.717) is 19.4 Å². The minimum atomic E-state index is -0.553. The van der Waals surface area contributed by atoms with Gasteiger partial charge in [-0.25, -0.2) is 0 Å². The van der Waals surface area contributed by atoms with Crippen molar-refractivity contribution in [3.05, 3.63) is 72.9 Å². The Labute approximate surface area is 385 Å². The summed E-state index contributed by atoms with van der Waals surface area (Å²) in [4.78, 5) is 25.4. The predicted octanol–water partition coefficient (Wildman–Crippen LogP) is 17.9. The van der Waals surface area contributed by atoms with Gasteiger partial charge in [-0.05, 0) is 83.5 Å². The molecule has 0 aliphatic carbocycles. The molecule has 1 atom stereocenters. The van der Waals surface area contributed by atoms with Gasteiger partial charge in [-0.3, -0.25) is 9.59 Å². The van der Waals surface area contributed by atoms with Crippen LogP contribution in [0.3, 0.4) is 0 Å². The van der Waals surface area contributed by atoms with E-state index in [0.717, 1.165) is 96.3 Å². The van der Waals surface area contributed by atoms with Crippen LogP contribution < -0.4 is 0 Å². The second-order valence-electron chi connectivity index (χ2n) is 17.4. The summed E-state index contributed by atoms with van der Waals surface area (Å²) in [7, 11) is 0. The summed E-state index contributed by atoms with van der Waals surface area (Å²) in [6.07, 6.45) is 67.7. The molecule has 0 saturated heterocycles. The van der Waals surface area contributed by atoms with Crippen LogP contribution in [0.15, 0.2) is 72.9 Å². The van der Waals surface area contributed by atoms with Crippen LogP contribution in [0.2, 0.25) is 0 Å². The summed E-state index contributed by atoms with van der Waals surface area (Å²) < 4.78 is 17.4. The molecule has 0 spiro atoms. The van der Waals surface area contributed by atoms with Gasteiger partial charge in [-0.1, -0.05) is 229 Å². The second kappa shape index (κ2) is 52.7. The molecule has 0 heterocycles. The minimum Gasteiger partial charge on any atom is -0.462 e. The monoisotopic (exact) mass is 865 g/mol. The van der Waals surface area contributed by atoms with Gasteiger partial charge in [-0.15, -0.1) is 0 Å². The van der Waals surface area contributed by atoms with Gasteiger partial charge in [-0.2, -0.15) is 0 Å². The summed E-state index contributed by atoms with van der Waals surface area (Å²) in [5.74, 6) is -0.440. The zero-order valence-electron chi connectivity index (χ0n) is 41.1. The van der Waals surface area contributed by atoms with E-state index in [1.807, 2.05) is 0 Å². The van der Waals surface area contributed by atoms with E-state index in [-0.39, 0.29) is 25.2 Å². The first-order chi connectivity index (χ1) is 30.6. The summed E-state index contributed by atoms with van der Waals surface area (Å²) >= 11 is 0. The average molecular weight is 865 g/mol. The Morgan fingerprint density at radius 3 is 1.24 bits per heavy atom. The van der Waals surface area contributed by atoms with Crippen molar-refractivity contribution in [1.82, 2.24) is 0 Å². The average Bonchev–Trinajstić information content (AvgIpc) is 3.27. The van der Waals surface area contributed by atoms with Crippen molar-refractivity contribution in [3.63, 3.8) is 0 Å². The summed E-state index contributed by atoms with van der Waals surface area (Å²) in [5, 5.41) is 0. The quantitative estimate of drug-likeness (QED) is 0.0346. The molecule has 0 bridgehead atoms. The van der Waals surface area contributed by atoms with E-state index in [2.05, 4.69) is 93.7 Å². The molecule has 5 nitrogen and oxygen atoms in total. The molecule has 1 unspecified atom stereocenters. The van der Waals surface area contributed by atoms with Crippen molar-refractivity contribution in [1.29, 1.82) is 0 Å². The Morgan fingerprint density at radius 2 is 0.742 bits per heavy atom. The molecule has 0 N–H and O–H groups in total. The fourth-order valence-electron chi connectivity index (χ4n) is 7.28. The van der Waals surface area contributed by atoms with Gasteiger partial charge in [0.1, 0.15) is 6.61 Å². The maximum absolute atomic E-state index is 12.8. The number of allylic oxidation sites excluding steroid dienone is 12. The van der Waals surface area contributed by atoms with Gasteiger partial charge in [0, 0.05) is 19.4 Å². The van der Waals surface area contributed by atoms with Crippen LogP contribution in [0.1, 0.15) is 252 Å². The Bertz CT molecular complexity index is 1110. The Hall–Kier alpha value is -2.66. The van der Waals surface area contributed by atoms with Crippen molar-refractivity contribution >= 4 is 11.9 Å². The topological polar surface area (TPSA) is 61.8 Å². The van der Waals surface area contributed by atoms with Crippen molar-refractivity contribution in [2.45, 2.75) is 258 Å². The van der Waals surface area contributed by atoms with E-state index in [1.165, 1.54) is 122 Å². The third kappa shape index (κ3) is 50.0. The number of hydrogen-bond donors (Lipinski definition) is 0. The van der Waals surface area contributed by atoms with E-state index in [1.54, 1.807) is 0 Å². The van der Waals surface area contributed by atoms with Crippen LogP contribution in [0.5, 0.6) is 0 Å². The number of carbonyl (C=O) groups is 2. The lowest BCUT2D eigenvalue weighted by Gasteiger charge is -2.18. The van der Waals surface area contributed by atoms with Crippen molar-refractivity contribution in [3.8, 4) is 0 Å². The highest BCUT2D eigenvalue weighted by atomic mass is 16.6. The Kier molecular flexibility index (Phi) is 50.4. The first-order valence-corrected chi connectivity index (χ1v) is 26.5. The third-order valence-corrected chi connectivity index (χ3v) is 11.2. The smallest absolute Gasteiger partial charge is 0.306 e. The molecule has 0 aromatic rings. The molecule has 0 saturated carbocycles. The lowest BCUT2D eigenvalue weighted by Crippen LogP contribution is -2.30. The van der Waals surface area contributed by atoms with Crippen molar-refractivity contribution < 1.29 is 23.8 Å². The Morgan fingerprint density at radius 1 is 0.371 bits per heavy atom. The molecule has 0 aliphatic rings. The lowest BCUT2D eigenvalue weighted by molar-refractivity contribution is -0.163. The molecule has 62 heavy (non-hydrogen) atoms. The van der Waals surface area contributed by atoms with Crippen LogP contribution in [0.4, 0.5) is 0 Å². The first-order valence-electron chi connectivity index (χ1n) is 26.5. The van der Waals surface area contributed by atoms with E-state index in [4.69, 9.17) is 14.2 Å². The SMILES string of the molecule is CC/C=C\C/C=C\C/C=C\C/C=C\C/C=C\CCCCCC(=O)OCC(COCCCCCCCCCCCCCCCCCC)OC(=O)CCCCCCC/C=C\CCCC. The third-order valence-electron chi connectivity index (χ3n) is 11.2. The molecule has 0 aliphatic heterocycles. The number of ether oxygens (including phenoxy) is 3. The van der Waals surface area contributed by atoms with Gasteiger partial charge >= 0.3 is 11.9 Å². The lowest BCUT2D eigenvalue weighted by atomic mass is 10.0. The van der Waals surface area contributed by atoms with Gasteiger partial charge in [0.2, 0.25) is 0 Å². The second-order valence-corrected chi connectivity index (χ2v) is 17.4. The fraction of sp³-hybridized carbons (Fsp3) is 0.754. The summed E-state index contributed by atoms with van der Waals surface area (Å²) in [5.41, 5.74) is 0. The van der Waals surface area contributed by atoms with Crippen LogP contribution >= 0.6 is 0 Å². The van der Waals surface area contributed by atoms with E-state index >= 15 is 0 Å². The van der Waals surface area contributed by atoms with Crippen LogP contribution in [-0.4, -0.2) is 37.9 Å². The zero-order valence-corrected chi connectivity index (χ0v) is 41.1. The first kappa shape index (κ1) is 59.3. The van der Waals surface area contributed by atoms with Crippen LogP contribution in [0.25, 0.3) is 0 Å². The standard InChI is InChI=1S/C57H100O5/c1-4-7-10-13-16-19-22-24-26-28-29-30-31-33-36-38-41-44-47-50-56(58)61-54-55(62-57(59)51-48-45-42-39-35-21-18-15-12-9-6-3)53-60-52-49-46-43-40-37-34-32-27-25-23-20-17-14-11-8-5-2/h7,10,15-16,18-19,24,26,29-30,33,36,55H,4-6,8-9,11-14,17,20-23,25,27-28,31-32,34-35,37-54H2,1-3H3/b10-7-,18-15-,19-16-,26-24-,30-29-,36-33-. The molecule has 0 aromatic carbocycles. The van der Waals surface area contributed by atoms with Crippen molar-refractivity contribution in [2.75, 3.05) is 19.8 Å². The number of carbonyl (C=O) groups excluding carboxylic acids is 2. The highest BCUT2D eigenvalue weighted by Crippen LogP contribution is 2.15. The number of esters is 2. The predicted molar refractivity (Wildman–Crippen MR) is 270 cm³/mol. The molecular formula is C57H100O5. The van der Waals surface area contributed by atoms with Crippen molar-refractivity contribution in [2.24, 2.45) is 0 Å². The molecule has 358 valence electrons. The maximum atomic E-state index is 12.8. The number of hydrogen-bond acceptors (Lipinski definition) is 5.